The molecule has 4 N–H and O–H groups in total. The third kappa shape index (κ3) is 5.48. The fraction of sp³-hybridized carbons (Fsp3) is 0.486. The number of carbonyl (C=O) groups excluding carboxylic acids is 2. The van der Waals surface area contributed by atoms with Crippen LogP contribution >= 0.6 is 11.3 Å². The summed E-state index contributed by atoms with van der Waals surface area (Å²) in [6, 6.07) is 11.7. The van der Waals surface area contributed by atoms with Crippen molar-refractivity contribution in [2.75, 3.05) is 33.0 Å². The Morgan fingerprint density at radius 3 is 2.49 bits per heavy atom. The lowest BCUT2D eigenvalue weighted by molar-refractivity contribution is -0.138. The molecule has 2 aliphatic carbocycles. The van der Waals surface area contributed by atoms with Crippen molar-refractivity contribution in [1.82, 2.24) is 29.1 Å². The molecule has 2 saturated carbocycles. The summed E-state index contributed by atoms with van der Waals surface area (Å²) >= 11 is 1.42. The lowest BCUT2D eigenvalue weighted by Crippen LogP contribution is -2.44. The number of piperidine rings is 1. The average Bonchev–Trinajstić information content (AvgIpc) is 3.58. The number of methoxy groups -OCH3 is 1. The Balaban J connectivity index is 1.25. The molecule has 2 aliphatic heterocycles. The number of hydrogen-bond acceptors (Lipinski definition) is 9. The van der Waals surface area contributed by atoms with Gasteiger partial charge in [0, 0.05) is 60.5 Å². The Morgan fingerprint density at radius 1 is 1.02 bits per heavy atom. The lowest BCUT2D eigenvalue weighted by Gasteiger charge is -2.34. The van der Waals surface area contributed by atoms with Crippen molar-refractivity contribution >= 4 is 49.4 Å². The quantitative estimate of drug-likeness (QED) is 0.245. The van der Waals surface area contributed by atoms with Crippen molar-refractivity contribution in [3.63, 3.8) is 0 Å². The van der Waals surface area contributed by atoms with Crippen LogP contribution in [0.25, 0.3) is 22.2 Å². The second kappa shape index (κ2) is 12.1. The van der Waals surface area contributed by atoms with Crippen molar-refractivity contribution in [1.29, 1.82) is 0 Å². The minimum atomic E-state index is -3.99. The highest BCUT2D eigenvalue weighted by Gasteiger charge is 2.64. The zero-order chi connectivity index (χ0) is 34.1. The number of amides is 2. The highest BCUT2D eigenvalue weighted by atomic mass is 32.2. The molecule has 3 fully saturated rings. The number of hydrogen-bond donors (Lipinski definition) is 3. The number of carbonyl (C=O) groups is 2. The van der Waals surface area contributed by atoms with Gasteiger partial charge in [0.15, 0.2) is 0 Å². The first-order valence-electron chi connectivity index (χ1n) is 17.1. The molecule has 2 amide bonds. The van der Waals surface area contributed by atoms with Crippen molar-refractivity contribution < 1.29 is 22.7 Å². The third-order valence-corrected chi connectivity index (χ3v) is 13.2. The van der Waals surface area contributed by atoms with Gasteiger partial charge in [0.1, 0.15) is 10.8 Å². The van der Waals surface area contributed by atoms with E-state index in [1.54, 1.807) is 19.2 Å². The molecular weight excluding hydrogens is 663 g/mol. The van der Waals surface area contributed by atoms with Crippen molar-refractivity contribution in [2.45, 2.75) is 75.7 Å². The van der Waals surface area contributed by atoms with Gasteiger partial charge in [0.05, 0.1) is 18.2 Å². The molecular formula is C35H41N7O5S2. The number of rotatable bonds is 7. The van der Waals surface area contributed by atoms with E-state index in [4.69, 9.17) is 10.5 Å². The summed E-state index contributed by atoms with van der Waals surface area (Å²) in [5, 5.41) is 10.7. The van der Waals surface area contributed by atoms with Gasteiger partial charge in [0.2, 0.25) is 11.0 Å². The predicted octanol–water partition coefficient (Wildman–Crippen LogP) is 4.89. The van der Waals surface area contributed by atoms with E-state index in [-0.39, 0.29) is 23.3 Å². The Labute approximate surface area is 289 Å². The summed E-state index contributed by atoms with van der Waals surface area (Å²) in [4.78, 5) is 30.1. The molecule has 8 rings (SSSR count). The first kappa shape index (κ1) is 32.2. The highest BCUT2D eigenvalue weighted by molar-refractivity contribution is 7.88. The molecule has 4 heterocycles. The Kier molecular flexibility index (Phi) is 7.95. The number of fused-ring (bicyclic) bond motifs is 7. The molecule has 49 heavy (non-hydrogen) atoms. The third-order valence-electron chi connectivity index (χ3n) is 11.3. The van der Waals surface area contributed by atoms with Gasteiger partial charge in [-0.05, 0) is 79.5 Å². The summed E-state index contributed by atoms with van der Waals surface area (Å²) in [5.74, 6) is 0.801. The minimum Gasteiger partial charge on any atom is -0.497 e. The first-order chi connectivity index (χ1) is 23.6. The topological polar surface area (TPSA) is 162 Å². The normalized spacial score (nSPS) is 22.6. The van der Waals surface area contributed by atoms with Crippen molar-refractivity contribution in [3.8, 4) is 17.0 Å². The van der Waals surface area contributed by atoms with E-state index < -0.39 is 21.5 Å². The smallest absolute Gasteiger partial charge is 0.301 e. The van der Waals surface area contributed by atoms with Gasteiger partial charge in [-0.15, -0.1) is 10.2 Å². The van der Waals surface area contributed by atoms with Gasteiger partial charge in [0.25, 0.3) is 5.91 Å². The summed E-state index contributed by atoms with van der Waals surface area (Å²) in [5.41, 5.74) is 10.9. The van der Waals surface area contributed by atoms with E-state index in [1.807, 2.05) is 17.0 Å². The zero-order valence-corrected chi connectivity index (χ0v) is 29.3. The first-order valence-corrected chi connectivity index (χ1v) is 19.4. The Bertz CT molecular complexity index is 2080. The molecule has 2 atom stereocenters. The summed E-state index contributed by atoms with van der Waals surface area (Å²) in [6.07, 6.45) is 8.00. The standard InChI is InChI=1S/C35H41N7O5S2/c1-37-49(45,46)40-31(43)22-8-10-25-28(16-22)42-19-35(33(44)41-14-12-21(13-15-41)32-38-39-34(36)48-32)18-27(35)26-17-23(47-2)9-11-24(26)30(42)29(25)20-6-4-3-5-7-20/h8-11,16-17,20-21,27,37H,3-7,12-15,18-19H2,1-2H3,(H2,36,39)(H,40,43). The number of nitrogen functional groups attached to an aromatic ring is 1. The molecule has 4 aliphatic rings. The molecule has 1 saturated heterocycles. The number of ether oxygens (including phenoxy) is 1. The van der Waals surface area contributed by atoms with Gasteiger partial charge in [-0.3, -0.25) is 9.59 Å². The molecule has 0 spiro atoms. The maximum absolute atomic E-state index is 14.8. The molecule has 12 nitrogen and oxygen atoms in total. The summed E-state index contributed by atoms with van der Waals surface area (Å²) in [7, 11) is -1.06. The van der Waals surface area contributed by atoms with Crippen molar-refractivity contribution in [2.24, 2.45) is 5.41 Å². The van der Waals surface area contributed by atoms with E-state index in [0.717, 1.165) is 83.4 Å². The molecule has 4 aromatic rings. The molecule has 2 aromatic heterocycles. The molecule has 2 unspecified atom stereocenters. The van der Waals surface area contributed by atoms with Crippen LogP contribution in [0.4, 0.5) is 5.13 Å². The number of anilines is 1. The predicted molar refractivity (Wildman–Crippen MR) is 188 cm³/mol. The number of aromatic nitrogens is 3. The summed E-state index contributed by atoms with van der Waals surface area (Å²) in [6.45, 7) is 1.75. The molecule has 258 valence electrons. The van der Waals surface area contributed by atoms with E-state index in [2.05, 4.69) is 36.3 Å². The van der Waals surface area contributed by atoms with Gasteiger partial charge >= 0.3 is 10.2 Å². The van der Waals surface area contributed by atoms with Crippen LogP contribution < -0.4 is 19.9 Å². The fourth-order valence-corrected chi connectivity index (χ4v) is 9.95. The molecule has 2 aromatic carbocycles. The van der Waals surface area contributed by atoms with Crippen LogP contribution in [0, 0.1) is 5.41 Å². The van der Waals surface area contributed by atoms with Crippen LogP contribution in [0.1, 0.15) is 95.6 Å². The van der Waals surface area contributed by atoms with Crippen LogP contribution in [0.2, 0.25) is 0 Å². The maximum Gasteiger partial charge on any atom is 0.301 e. The van der Waals surface area contributed by atoms with E-state index >= 15 is 0 Å². The Hall–Kier alpha value is -4.01. The van der Waals surface area contributed by atoms with E-state index in [9.17, 15) is 18.0 Å². The number of likely N-dealkylation sites (tertiary alicyclic amines) is 1. The molecule has 0 radical (unpaired) electrons. The van der Waals surface area contributed by atoms with Crippen LogP contribution in [-0.2, 0) is 21.5 Å². The van der Waals surface area contributed by atoms with Crippen molar-refractivity contribution in [3.05, 3.63) is 58.1 Å². The van der Waals surface area contributed by atoms with Gasteiger partial charge in [-0.2, -0.15) is 8.42 Å². The van der Waals surface area contributed by atoms with Gasteiger partial charge in [-0.25, -0.2) is 9.44 Å². The number of nitrogens with one attached hydrogen (secondary N) is 2. The van der Waals surface area contributed by atoms with Crippen LogP contribution in [0.3, 0.4) is 0 Å². The maximum atomic E-state index is 14.8. The summed E-state index contributed by atoms with van der Waals surface area (Å²) < 4.78 is 36.7. The zero-order valence-electron chi connectivity index (χ0n) is 27.7. The molecule has 14 heteroatoms. The number of nitrogens with zero attached hydrogens (tertiary/aromatic N) is 4. The second-order valence-corrected chi connectivity index (χ2v) is 16.6. The van der Waals surface area contributed by atoms with E-state index in [1.165, 1.54) is 30.4 Å². The van der Waals surface area contributed by atoms with E-state index in [0.29, 0.717) is 30.7 Å². The average molecular weight is 704 g/mol. The van der Waals surface area contributed by atoms with Gasteiger partial charge < -0.3 is 19.9 Å². The molecule has 0 bridgehead atoms. The second-order valence-electron chi connectivity index (χ2n) is 14.0. The monoisotopic (exact) mass is 703 g/mol. The number of nitrogens with two attached hydrogens (primary N) is 1. The number of benzene rings is 2. The SMILES string of the molecule is CNS(=O)(=O)NC(=O)c1ccc2c(C3CCCCC3)c3n(c2c1)CC1(C(=O)N2CCC(c4nnc(N)s4)CC2)CC1c1cc(OC)ccc1-3. The van der Waals surface area contributed by atoms with Crippen LogP contribution in [0.15, 0.2) is 36.4 Å². The lowest BCUT2D eigenvalue weighted by atomic mass is 9.81. The minimum absolute atomic E-state index is 0.0205. The Morgan fingerprint density at radius 2 is 1.80 bits per heavy atom. The largest absolute Gasteiger partial charge is 0.497 e. The highest BCUT2D eigenvalue weighted by Crippen LogP contribution is 2.66. The van der Waals surface area contributed by atoms with Crippen LogP contribution in [0.5, 0.6) is 5.75 Å². The van der Waals surface area contributed by atoms with Crippen LogP contribution in [-0.4, -0.2) is 67.1 Å². The van der Waals surface area contributed by atoms with Gasteiger partial charge in [-0.1, -0.05) is 36.7 Å². The fourth-order valence-electron chi connectivity index (χ4n) is 8.71.